The third-order valence-electron chi connectivity index (χ3n) is 5.19. The van der Waals surface area contributed by atoms with Crippen molar-refractivity contribution in [1.82, 2.24) is 4.72 Å². The quantitative estimate of drug-likeness (QED) is 0.323. The fourth-order valence-electron chi connectivity index (χ4n) is 3.55. The molecule has 4 aromatic rings. The molecule has 0 aromatic heterocycles. The van der Waals surface area contributed by atoms with Gasteiger partial charge in [-0.1, -0.05) is 109 Å². The fraction of sp³-hybridized carbons (Fsp3) is 0.111. The van der Waals surface area contributed by atoms with Crippen molar-refractivity contribution in [2.75, 3.05) is 6.54 Å². The first-order valence-electron chi connectivity index (χ1n) is 10.5. The molecule has 1 atom stereocenters. The van der Waals surface area contributed by atoms with E-state index in [0.29, 0.717) is 6.54 Å². The highest BCUT2D eigenvalue weighted by molar-refractivity contribution is 8.00. The summed E-state index contributed by atoms with van der Waals surface area (Å²) in [6.07, 6.45) is 0. The van der Waals surface area contributed by atoms with E-state index in [2.05, 4.69) is 41.1 Å². The van der Waals surface area contributed by atoms with E-state index in [4.69, 9.17) is 0 Å². The van der Waals surface area contributed by atoms with E-state index in [-0.39, 0.29) is 15.4 Å². The van der Waals surface area contributed by atoms with Crippen LogP contribution in [0.3, 0.4) is 0 Å². The van der Waals surface area contributed by atoms with Gasteiger partial charge in [0.1, 0.15) is 0 Å². The Morgan fingerprint density at radius 1 is 0.594 bits per heavy atom. The Kier molecular flexibility index (Phi) is 7.43. The van der Waals surface area contributed by atoms with Crippen molar-refractivity contribution in [2.45, 2.75) is 15.4 Å². The SMILES string of the molecule is O=S(=O)(NCC(SC(c1ccccc1)c1ccccc1)c1ccccc1)c1ccccc1. The van der Waals surface area contributed by atoms with Gasteiger partial charge in [0.25, 0.3) is 0 Å². The molecule has 0 aliphatic heterocycles. The van der Waals surface area contributed by atoms with Crippen LogP contribution in [0.25, 0.3) is 0 Å². The Morgan fingerprint density at radius 2 is 1.00 bits per heavy atom. The Balaban J connectivity index is 1.64. The molecule has 0 saturated heterocycles. The second-order valence-electron chi connectivity index (χ2n) is 7.40. The van der Waals surface area contributed by atoms with Gasteiger partial charge >= 0.3 is 0 Å². The van der Waals surface area contributed by atoms with Gasteiger partial charge in [-0.25, -0.2) is 13.1 Å². The zero-order valence-electron chi connectivity index (χ0n) is 17.5. The van der Waals surface area contributed by atoms with E-state index >= 15 is 0 Å². The van der Waals surface area contributed by atoms with E-state index in [0.717, 1.165) is 5.56 Å². The minimum atomic E-state index is -3.59. The maximum atomic E-state index is 12.9. The van der Waals surface area contributed by atoms with Gasteiger partial charge in [-0.2, -0.15) is 0 Å². The minimum Gasteiger partial charge on any atom is -0.210 e. The highest BCUT2D eigenvalue weighted by Gasteiger charge is 2.24. The van der Waals surface area contributed by atoms with Crippen molar-refractivity contribution in [3.63, 3.8) is 0 Å². The third-order valence-corrected chi connectivity index (χ3v) is 8.21. The first-order valence-corrected chi connectivity index (χ1v) is 12.9. The van der Waals surface area contributed by atoms with Gasteiger partial charge in [0, 0.05) is 11.8 Å². The number of rotatable bonds is 9. The number of thioether (sulfide) groups is 1. The van der Waals surface area contributed by atoms with Crippen molar-refractivity contribution in [3.05, 3.63) is 138 Å². The molecule has 32 heavy (non-hydrogen) atoms. The molecule has 5 heteroatoms. The third kappa shape index (κ3) is 5.68. The molecule has 0 fully saturated rings. The molecule has 1 N–H and O–H groups in total. The minimum absolute atomic E-state index is 0.0694. The Labute approximate surface area is 194 Å². The van der Waals surface area contributed by atoms with Crippen LogP contribution < -0.4 is 4.72 Å². The molecule has 3 nitrogen and oxygen atoms in total. The molecule has 0 saturated carbocycles. The molecule has 0 aliphatic carbocycles. The lowest BCUT2D eigenvalue weighted by Gasteiger charge is -2.25. The van der Waals surface area contributed by atoms with Crippen molar-refractivity contribution in [1.29, 1.82) is 0 Å². The van der Waals surface area contributed by atoms with Crippen LogP contribution >= 0.6 is 11.8 Å². The number of sulfonamides is 1. The fourth-order valence-corrected chi connectivity index (χ4v) is 6.17. The maximum Gasteiger partial charge on any atom is 0.240 e. The molecule has 0 radical (unpaired) electrons. The number of nitrogens with one attached hydrogen (secondary N) is 1. The Hall–Kier alpha value is -2.86. The van der Waals surface area contributed by atoms with E-state index in [1.165, 1.54) is 11.1 Å². The van der Waals surface area contributed by atoms with Crippen LogP contribution in [0.4, 0.5) is 0 Å². The lowest BCUT2D eigenvalue weighted by Crippen LogP contribution is -2.28. The van der Waals surface area contributed by atoms with Gasteiger partial charge in [-0.05, 0) is 28.8 Å². The van der Waals surface area contributed by atoms with Crippen LogP contribution in [-0.2, 0) is 10.0 Å². The first kappa shape index (κ1) is 22.3. The smallest absolute Gasteiger partial charge is 0.210 e. The molecule has 0 heterocycles. The summed E-state index contributed by atoms with van der Waals surface area (Å²) in [5.41, 5.74) is 3.47. The molecule has 0 amide bonds. The summed E-state index contributed by atoms with van der Waals surface area (Å²) in [7, 11) is -3.59. The lowest BCUT2D eigenvalue weighted by molar-refractivity contribution is 0.581. The molecule has 0 aliphatic rings. The van der Waals surface area contributed by atoms with Crippen LogP contribution in [0.15, 0.2) is 126 Å². The maximum absolute atomic E-state index is 12.9. The summed E-state index contributed by atoms with van der Waals surface area (Å²) in [6.45, 7) is 0.294. The molecule has 0 bridgehead atoms. The average Bonchev–Trinajstić information content (AvgIpc) is 2.86. The van der Waals surface area contributed by atoms with E-state index in [1.807, 2.05) is 60.7 Å². The normalized spacial score (nSPS) is 12.5. The van der Waals surface area contributed by atoms with Gasteiger partial charge < -0.3 is 0 Å². The van der Waals surface area contributed by atoms with E-state index in [9.17, 15) is 8.42 Å². The first-order chi connectivity index (χ1) is 15.6. The Bertz CT molecular complexity index is 1160. The predicted octanol–water partition coefficient (Wildman–Crippen LogP) is 6.23. The average molecular weight is 460 g/mol. The van der Waals surface area contributed by atoms with Crippen molar-refractivity contribution in [2.24, 2.45) is 0 Å². The second kappa shape index (κ2) is 10.6. The summed E-state index contributed by atoms with van der Waals surface area (Å²) in [4.78, 5) is 0.277. The van der Waals surface area contributed by atoms with Crippen LogP contribution in [-0.4, -0.2) is 15.0 Å². The summed E-state index contributed by atoms with van der Waals surface area (Å²) in [5.74, 6) is 0. The number of benzene rings is 4. The standard InChI is InChI=1S/C27H25NO2S2/c29-32(30,25-19-11-4-12-20-25)28-21-26(22-13-5-1-6-14-22)31-27(23-15-7-2-8-16-23)24-17-9-3-10-18-24/h1-20,26-28H,21H2. The zero-order chi connectivity index (χ0) is 22.2. The van der Waals surface area contributed by atoms with E-state index in [1.54, 1.807) is 36.0 Å². The highest BCUT2D eigenvalue weighted by atomic mass is 32.2. The molecule has 1 unspecified atom stereocenters. The lowest BCUT2D eigenvalue weighted by atomic mass is 10.0. The van der Waals surface area contributed by atoms with E-state index < -0.39 is 10.0 Å². The summed E-state index contributed by atoms with van der Waals surface area (Å²) < 4.78 is 28.6. The number of hydrogen-bond acceptors (Lipinski definition) is 3. The monoisotopic (exact) mass is 459 g/mol. The summed E-state index contributed by atoms with van der Waals surface area (Å²) in [5, 5.41) is 0.00364. The molecular weight excluding hydrogens is 434 g/mol. The van der Waals surface area contributed by atoms with Gasteiger partial charge in [-0.3, -0.25) is 0 Å². The van der Waals surface area contributed by atoms with Gasteiger partial charge in [-0.15, -0.1) is 11.8 Å². The highest BCUT2D eigenvalue weighted by Crippen LogP contribution is 2.44. The molecular formula is C27H25NO2S2. The molecule has 4 aromatic carbocycles. The van der Waals surface area contributed by atoms with Crippen molar-refractivity contribution in [3.8, 4) is 0 Å². The van der Waals surface area contributed by atoms with Gasteiger partial charge in [0.05, 0.1) is 10.1 Å². The van der Waals surface area contributed by atoms with Crippen LogP contribution in [0, 0.1) is 0 Å². The zero-order valence-corrected chi connectivity index (χ0v) is 19.2. The van der Waals surface area contributed by atoms with Crippen LogP contribution in [0.5, 0.6) is 0 Å². The van der Waals surface area contributed by atoms with Crippen LogP contribution in [0.1, 0.15) is 27.2 Å². The Morgan fingerprint density at radius 3 is 1.47 bits per heavy atom. The summed E-state index contributed by atoms with van der Waals surface area (Å²) >= 11 is 1.76. The topological polar surface area (TPSA) is 46.2 Å². The molecule has 0 spiro atoms. The second-order valence-corrected chi connectivity index (χ2v) is 10.5. The summed E-state index contributed by atoms with van der Waals surface area (Å²) in [6, 6.07) is 39.3. The van der Waals surface area contributed by atoms with Crippen LogP contribution in [0.2, 0.25) is 0 Å². The van der Waals surface area contributed by atoms with Gasteiger partial charge in [0.2, 0.25) is 10.0 Å². The van der Waals surface area contributed by atoms with Gasteiger partial charge in [0.15, 0.2) is 0 Å². The molecule has 162 valence electrons. The van der Waals surface area contributed by atoms with Crippen molar-refractivity contribution < 1.29 is 8.42 Å². The molecule has 4 rings (SSSR count). The van der Waals surface area contributed by atoms with Crippen molar-refractivity contribution >= 4 is 21.8 Å². The largest absolute Gasteiger partial charge is 0.240 e. The number of hydrogen-bond donors (Lipinski definition) is 1. The predicted molar refractivity (Wildman–Crippen MR) is 133 cm³/mol.